The van der Waals surface area contributed by atoms with Crippen molar-refractivity contribution in [1.82, 2.24) is 5.32 Å². The van der Waals surface area contributed by atoms with E-state index in [0.29, 0.717) is 18.8 Å². The number of anilines is 1. The lowest BCUT2D eigenvalue weighted by molar-refractivity contribution is -0.122. The van der Waals surface area contributed by atoms with Gasteiger partial charge in [-0.15, -0.1) is 0 Å². The summed E-state index contributed by atoms with van der Waals surface area (Å²) in [6.07, 6.45) is 3.05. The number of hydrogen-bond donors (Lipinski definition) is 1. The van der Waals surface area contributed by atoms with Gasteiger partial charge in [0.05, 0.1) is 18.0 Å². The molecule has 1 aliphatic rings. The van der Waals surface area contributed by atoms with Crippen LogP contribution in [0.25, 0.3) is 0 Å². The molecule has 2 atom stereocenters. The molecule has 7 heteroatoms. The first-order chi connectivity index (χ1) is 11.2. The van der Waals surface area contributed by atoms with Crippen molar-refractivity contribution in [2.45, 2.75) is 45.8 Å². The summed E-state index contributed by atoms with van der Waals surface area (Å²) in [5.74, 6) is -0.324. The molecule has 0 aromatic heterocycles. The number of hydrogen-bond acceptors (Lipinski definition) is 4. The lowest BCUT2D eigenvalue weighted by atomic mass is 10.1. The van der Waals surface area contributed by atoms with Crippen molar-refractivity contribution in [3.8, 4) is 0 Å². The summed E-state index contributed by atoms with van der Waals surface area (Å²) in [4.78, 5) is 12.5. The molecule has 0 radical (unpaired) electrons. The zero-order chi connectivity index (χ0) is 17.9. The van der Waals surface area contributed by atoms with Gasteiger partial charge in [-0.2, -0.15) is 0 Å². The van der Waals surface area contributed by atoms with Gasteiger partial charge in [-0.25, -0.2) is 8.42 Å². The summed E-state index contributed by atoms with van der Waals surface area (Å²) in [6, 6.07) is 4.68. The van der Waals surface area contributed by atoms with Gasteiger partial charge in [0, 0.05) is 13.2 Å². The highest BCUT2D eigenvalue weighted by molar-refractivity contribution is 7.92. The Balaban J connectivity index is 2.18. The first-order valence-corrected chi connectivity index (χ1v) is 10.0. The maximum Gasteiger partial charge on any atom is 0.243 e. The van der Waals surface area contributed by atoms with Gasteiger partial charge in [0.15, 0.2) is 0 Å². The van der Waals surface area contributed by atoms with E-state index < -0.39 is 16.1 Å². The maximum absolute atomic E-state index is 12.5. The second-order valence-electron chi connectivity index (χ2n) is 6.46. The third-order valence-corrected chi connectivity index (χ3v) is 5.32. The third-order valence-electron chi connectivity index (χ3n) is 4.08. The lowest BCUT2D eigenvalue weighted by Crippen LogP contribution is -2.49. The molecule has 1 saturated heterocycles. The Bertz CT molecular complexity index is 676. The van der Waals surface area contributed by atoms with Crippen LogP contribution in [-0.2, 0) is 19.6 Å². The Kier molecular flexibility index (Phi) is 5.87. The number of rotatable bonds is 6. The normalized spacial score (nSPS) is 19.1. The minimum atomic E-state index is -3.59. The average molecular weight is 354 g/mol. The number of carbonyl (C=O) groups is 1. The molecule has 0 spiro atoms. The summed E-state index contributed by atoms with van der Waals surface area (Å²) in [5.41, 5.74) is 2.41. The van der Waals surface area contributed by atoms with E-state index in [2.05, 4.69) is 5.32 Å². The molecule has 0 bridgehead atoms. The highest BCUT2D eigenvalue weighted by atomic mass is 32.2. The monoisotopic (exact) mass is 354 g/mol. The minimum absolute atomic E-state index is 0.0223. The molecule has 1 aliphatic heterocycles. The summed E-state index contributed by atoms with van der Waals surface area (Å²) in [5, 5.41) is 2.81. The molecule has 134 valence electrons. The van der Waals surface area contributed by atoms with Crippen LogP contribution >= 0.6 is 0 Å². The Hall–Kier alpha value is -1.60. The van der Waals surface area contributed by atoms with Crippen LogP contribution in [0.15, 0.2) is 18.2 Å². The number of carbonyl (C=O) groups excluding carboxylic acids is 1. The first-order valence-electron chi connectivity index (χ1n) is 8.15. The van der Waals surface area contributed by atoms with Gasteiger partial charge < -0.3 is 10.1 Å². The quantitative estimate of drug-likeness (QED) is 0.844. The summed E-state index contributed by atoms with van der Waals surface area (Å²) >= 11 is 0. The van der Waals surface area contributed by atoms with Gasteiger partial charge >= 0.3 is 0 Å². The van der Waals surface area contributed by atoms with Gasteiger partial charge in [0.2, 0.25) is 15.9 Å². The molecule has 0 saturated carbocycles. The standard InChI is InChI=1S/C17H26N2O4S/c1-12-8-13(2)10-15(9-12)19(24(4,21)22)14(3)17(20)18-11-16-6-5-7-23-16/h8-10,14,16H,5-7,11H2,1-4H3,(H,18,20)/t14-,16+/m1/s1. The fourth-order valence-electron chi connectivity index (χ4n) is 3.05. The Morgan fingerprint density at radius 2 is 1.96 bits per heavy atom. The number of nitrogens with one attached hydrogen (secondary N) is 1. The molecule has 0 unspecified atom stereocenters. The predicted molar refractivity (Wildman–Crippen MR) is 94.7 cm³/mol. The fourth-order valence-corrected chi connectivity index (χ4v) is 4.21. The number of sulfonamides is 1. The topological polar surface area (TPSA) is 75.7 Å². The molecule has 2 rings (SSSR count). The van der Waals surface area contributed by atoms with Gasteiger partial charge in [-0.1, -0.05) is 6.07 Å². The number of benzene rings is 1. The van der Waals surface area contributed by atoms with Crippen LogP contribution in [0.4, 0.5) is 5.69 Å². The van der Waals surface area contributed by atoms with Gasteiger partial charge in [0.25, 0.3) is 0 Å². The molecule has 1 N–H and O–H groups in total. The maximum atomic E-state index is 12.5. The van der Waals surface area contributed by atoms with Crippen molar-refractivity contribution in [3.05, 3.63) is 29.3 Å². The third kappa shape index (κ3) is 4.70. The van der Waals surface area contributed by atoms with Crippen LogP contribution in [-0.4, -0.2) is 45.9 Å². The molecule has 1 fully saturated rings. The Morgan fingerprint density at radius 3 is 2.46 bits per heavy atom. The van der Waals surface area contributed by atoms with Gasteiger partial charge in [0.1, 0.15) is 6.04 Å². The highest BCUT2D eigenvalue weighted by Gasteiger charge is 2.30. The number of amides is 1. The molecule has 24 heavy (non-hydrogen) atoms. The van der Waals surface area contributed by atoms with E-state index in [1.807, 2.05) is 19.9 Å². The SMILES string of the molecule is Cc1cc(C)cc(N([C@H](C)C(=O)NC[C@@H]2CCCO2)S(C)(=O)=O)c1. The lowest BCUT2D eigenvalue weighted by Gasteiger charge is -2.29. The Labute approximate surface area is 144 Å². The van der Waals surface area contributed by atoms with E-state index in [0.717, 1.165) is 30.2 Å². The summed E-state index contributed by atoms with van der Waals surface area (Å²) in [7, 11) is -3.59. The molecule has 6 nitrogen and oxygen atoms in total. The van der Waals surface area contributed by atoms with E-state index in [1.54, 1.807) is 19.1 Å². The van der Waals surface area contributed by atoms with Crippen LogP contribution in [0.1, 0.15) is 30.9 Å². The fraction of sp³-hybridized carbons (Fsp3) is 0.588. The second kappa shape index (κ2) is 7.53. The minimum Gasteiger partial charge on any atom is -0.376 e. The molecular weight excluding hydrogens is 328 g/mol. The highest BCUT2D eigenvalue weighted by Crippen LogP contribution is 2.24. The molecule has 0 aliphatic carbocycles. The summed E-state index contributed by atoms with van der Waals surface area (Å²) < 4.78 is 31.2. The van der Waals surface area contributed by atoms with Crippen molar-refractivity contribution in [1.29, 1.82) is 0 Å². The van der Waals surface area contributed by atoms with Gasteiger partial charge in [-0.05, 0) is 56.9 Å². The van der Waals surface area contributed by atoms with Crippen molar-refractivity contribution >= 4 is 21.6 Å². The van der Waals surface area contributed by atoms with Crippen LogP contribution in [0.5, 0.6) is 0 Å². The molecule has 1 amide bonds. The molecule has 1 aromatic rings. The van der Waals surface area contributed by atoms with E-state index in [1.165, 1.54) is 4.31 Å². The van der Waals surface area contributed by atoms with E-state index in [9.17, 15) is 13.2 Å². The van der Waals surface area contributed by atoms with E-state index in [4.69, 9.17) is 4.74 Å². The number of ether oxygens (including phenoxy) is 1. The van der Waals surface area contributed by atoms with Crippen LogP contribution in [0.2, 0.25) is 0 Å². The first kappa shape index (κ1) is 18.7. The summed E-state index contributed by atoms with van der Waals surface area (Å²) in [6.45, 7) is 6.53. The average Bonchev–Trinajstić information content (AvgIpc) is 2.95. The molecular formula is C17H26N2O4S. The molecule has 1 heterocycles. The van der Waals surface area contributed by atoms with Crippen LogP contribution in [0, 0.1) is 13.8 Å². The zero-order valence-electron chi connectivity index (χ0n) is 14.7. The van der Waals surface area contributed by atoms with Crippen molar-refractivity contribution < 1.29 is 17.9 Å². The van der Waals surface area contributed by atoms with Crippen LogP contribution < -0.4 is 9.62 Å². The van der Waals surface area contributed by atoms with Crippen molar-refractivity contribution in [2.24, 2.45) is 0 Å². The van der Waals surface area contributed by atoms with Gasteiger partial charge in [-0.3, -0.25) is 9.10 Å². The molecule has 1 aromatic carbocycles. The second-order valence-corrected chi connectivity index (χ2v) is 8.32. The van der Waals surface area contributed by atoms with Crippen LogP contribution in [0.3, 0.4) is 0 Å². The van der Waals surface area contributed by atoms with Crippen molar-refractivity contribution in [3.63, 3.8) is 0 Å². The van der Waals surface area contributed by atoms with E-state index >= 15 is 0 Å². The number of aryl methyl sites for hydroxylation is 2. The van der Waals surface area contributed by atoms with Crippen molar-refractivity contribution in [2.75, 3.05) is 23.7 Å². The zero-order valence-corrected chi connectivity index (χ0v) is 15.5. The smallest absolute Gasteiger partial charge is 0.243 e. The van der Waals surface area contributed by atoms with E-state index in [-0.39, 0.29) is 12.0 Å². The Morgan fingerprint density at radius 1 is 1.33 bits per heavy atom. The predicted octanol–water partition coefficient (Wildman–Crippen LogP) is 1.75. The number of nitrogens with zero attached hydrogens (tertiary/aromatic N) is 1. The largest absolute Gasteiger partial charge is 0.376 e.